The minimum atomic E-state index is -0.614. The molecule has 1 fully saturated rings. The van der Waals surface area contributed by atoms with Crippen LogP contribution in [0.1, 0.15) is 49.9 Å². The molecule has 7 nitrogen and oxygen atoms in total. The van der Waals surface area contributed by atoms with E-state index in [2.05, 4.69) is 31.7 Å². The highest BCUT2D eigenvalue weighted by Gasteiger charge is 2.35. The maximum atomic E-state index is 14.1. The third kappa shape index (κ3) is 4.76. The average Bonchev–Trinajstić information content (AvgIpc) is 3.06. The molecule has 4 N–H and O–H groups in total. The first-order chi connectivity index (χ1) is 15.7. The number of aryl methyl sites for hydroxylation is 1. The lowest BCUT2D eigenvalue weighted by Gasteiger charge is -2.40. The van der Waals surface area contributed by atoms with Crippen molar-refractivity contribution >= 4 is 22.7 Å². The number of anilines is 2. The number of hydrogen-bond acceptors (Lipinski definition) is 6. The van der Waals surface area contributed by atoms with Gasteiger partial charge >= 0.3 is 0 Å². The van der Waals surface area contributed by atoms with E-state index in [0.29, 0.717) is 47.6 Å². The monoisotopic (exact) mass is 454 g/mol. The molecule has 1 aromatic carbocycles. The molecule has 0 spiro atoms. The Hall–Kier alpha value is -3.25. The Bertz CT molecular complexity index is 1220. The second kappa shape index (κ2) is 8.94. The van der Waals surface area contributed by atoms with Crippen molar-refractivity contribution in [3.63, 3.8) is 0 Å². The van der Waals surface area contributed by atoms with E-state index in [1.807, 2.05) is 20.8 Å². The maximum absolute atomic E-state index is 14.1. The molecular weight excluding hydrogens is 426 g/mol. The minimum Gasteiger partial charge on any atom is -0.393 e. The van der Waals surface area contributed by atoms with Crippen molar-refractivity contribution in [2.45, 2.75) is 58.6 Å². The number of rotatable bonds is 6. The van der Waals surface area contributed by atoms with E-state index in [9.17, 15) is 19.1 Å². The lowest BCUT2D eigenvalue weighted by molar-refractivity contribution is 0.00926. The summed E-state index contributed by atoms with van der Waals surface area (Å²) in [5.74, 6) is -0.407. The number of benzene rings is 1. The normalized spacial score (nSPS) is 19.9. The van der Waals surface area contributed by atoms with Crippen molar-refractivity contribution in [2.75, 3.05) is 17.2 Å². The van der Waals surface area contributed by atoms with Crippen LogP contribution in [0.15, 0.2) is 18.3 Å². The van der Waals surface area contributed by atoms with Crippen molar-refractivity contribution in [1.82, 2.24) is 15.0 Å². The fraction of sp³-hybridized carbons (Fsp3) is 0.458. The van der Waals surface area contributed by atoms with Gasteiger partial charge < -0.3 is 20.7 Å². The summed E-state index contributed by atoms with van der Waals surface area (Å²) in [6.07, 6.45) is 3.88. The first-order valence-electron chi connectivity index (χ1n) is 11.1. The summed E-state index contributed by atoms with van der Waals surface area (Å²) >= 11 is 0. The van der Waals surface area contributed by atoms with Gasteiger partial charge in [0.2, 0.25) is 5.95 Å². The van der Waals surface area contributed by atoms with Crippen LogP contribution in [0.5, 0.6) is 0 Å². The van der Waals surface area contributed by atoms with Crippen LogP contribution in [0.4, 0.5) is 20.5 Å². The minimum absolute atomic E-state index is 0.0944. The molecule has 3 aromatic rings. The molecule has 0 saturated heterocycles. The van der Waals surface area contributed by atoms with Gasteiger partial charge in [0.05, 0.1) is 17.8 Å². The van der Waals surface area contributed by atoms with Gasteiger partial charge in [-0.3, -0.25) is 0 Å². The van der Waals surface area contributed by atoms with Crippen LogP contribution in [-0.2, 0) is 6.42 Å². The summed E-state index contributed by atoms with van der Waals surface area (Å²) in [7, 11) is 0. The number of fused-ring (bicyclic) bond motifs is 1. The summed E-state index contributed by atoms with van der Waals surface area (Å²) in [5.41, 5.74) is 2.04. The second-order valence-corrected chi connectivity index (χ2v) is 9.41. The molecule has 9 heteroatoms. The van der Waals surface area contributed by atoms with Gasteiger partial charge in [0.1, 0.15) is 29.1 Å². The quantitative estimate of drug-likeness (QED) is 0.439. The van der Waals surface area contributed by atoms with Crippen LogP contribution in [-0.4, -0.2) is 38.7 Å². The van der Waals surface area contributed by atoms with Gasteiger partial charge in [-0.2, -0.15) is 10.2 Å². The van der Waals surface area contributed by atoms with E-state index in [-0.39, 0.29) is 17.6 Å². The number of nitrogens with zero attached hydrogens (tertiary/aromatic N) is 3. The van der Waals surface area contributed by atoms with Crippen LogP contribution in [0, 0.1) is 35.3 Å². The number of hydrogen-bond donors (Lipinski definition) is 4. The number of nitriles is 1. The van der Waals surface area contributed by atoms with E-state index in [1.54, 1.807) is 0 Å². The fourth-order valence-corrected chi connectivity index (χ4v) is 4.62. The third-order valence-corrected chi connectivity index (χ3v) is 6.52. The molecule has 1 aliphatic rings. The van der Waals surface area contributed by atoms with Crippen LogP contribution in [0.3, 0.4) is 0 Å². The van der Waals surface area contributed by atoms with Crippen LogP contribution in [0.2, 0.25) is 0 Å². The SMILES string of the molecule is Cc1[nH]c2c(F)cc(F)cc2c1CCNc1ncc(C#N)c(N[C@@H]2CC[C@H](O)C(C)(C)C2)n1. The van der Waals surface area contributed by atoms with E-state index in [0.717, 1.165) is 30.2 Å². The van der Waals surface area contributed by atoms with Gasteiger partial charge in [-0.15, -0.1) is 0 Å². The summed E-state index contributed by atoms with van der Waals surface area (Å²) in [6.45, 7) is 6.34. The average molecular weight is 455 g/mol. The number of halogens is 2. The van der Waals surface area contributed by atoms with E-state index in [1.165, 1.54) is 12.3 Å². The molecule has 0 unspecified atom stereocenters. The molecule has 0 radical (unpaired) electrons. The van der Waals surface area contributed by atoms with Crippen molar-refractivity contribution < 1.29 is 13.9 Å². The highest BCUT2D eigenvalue weighted by molar-refractivity contribution is 5.85. The Morgan fingerprint density at radius 2 is 2.09 bits per heavy atom. The first-order valence-corrected chi connectivity index (χ1v) is 11.1. The summed E-state index contributed by atoms with van der Waals surface area (Å²) < 4.78 is 27.8. The van der Waals surface area contributed by atoms with Crippen LogP contribution in [0.25, 0.3) is 10.9 Å². The van der Waals surface area contributed by atoms with E-state index >= 15 is 0 Å². The molecule has 1 aliphatic carbocycles. The van der Waals surface area contributed by atoms with Gasteiger partial charge in [-0.05, 0) is 49.7 Å². The van der Waals surface area contributed by atoms with Crippen LogP contribution >= 0.6 is 0 Å². The highest BCUT2D eigenvalue weighted by Crippen LogP contribution is 2.37. The zero-order chi connectivity index (χ0) is 23.8. The number of nitrogens with one attached hydrogen (secondary N) is 3. The summed E-state index contributed by atoms with van der Waals surface area (Å²) in [5, 5.41) is 26.7. The molecule has 1 saturated carbocycles. The first kappa shape index (κ1) is 22.9. The predicted molar refractivity (Wildman–Crippen MR) is 123 cm³/mol. The summed E-state index contributed by atoms with van der Waals surface area (Å²) in [6, 6.07) is 4.42. The van der Waals surface area contributed by atoms with Crippen LogP contribution < -0.4 is 10.6 Å². The Labute approximate surface area is 191 Å². The highest BCUT2D eigenvalue weighted by atomic mass is 19.1. The zero-order valence-corrected chi connectivity index (χ0v) is 19.0. The number of H-pyrrole nitrogens is 1. The standard InChI is InChI=1S/C24H28F2N6O/c1-13-17(18-8-15(25)9-19(26)21(18)30-13)6-7-28-23-29-12-14(11-27)22(32-23)31-16-4-5-20(33)24(2,3)10-16/h8-9,12,16,20,30,33H,4-7,10H2,1-3H3,(H2,28,29,31,32)/t16-,20+/m1/s1. The van der Waals surface area contributed by atoms with Crippen molar-refractivity contribution in [2.24, 2.45) is 5.41 Å². The Balaban J connectivity index is 1.46. The number of aromatic amines is 1. The molecule has 0 aliphatic heterocycles. The number of aliphatic hydroxyl groups excluding tert-OH is 1. The summed E-state index contributed by atoms with van der Waals surface area (Å²) in [4.78, 5) is 11.7. The molecule has 174 valence electrons. The van der Waals surface area contributed by atoms with Crippen molar-refractivity contribution in [1.29, 1.82) is 5.26 Å². The third-order valence-electron chi connectivity index (χ3n) is 6.52. The molecule has 2 heterocycles. The van der Waals surface area contributed by atoms with Gasteiger partial charge in [-0.25, -0.2) is 13.8 Å². The largest absolute Gasteiger partial charge is 0.393 e. The maximum Gasteiger partial charge on any atom is 0.224 e. The smallest absolute Gasteiger partial charge is 0.224 e. The van der Waals surface area contributed by atoms with E-state index in [4.69, 9.17) is 0 Å². The molecule has 2 aromatic heterocycles. The molecule has 4 rings (SSSR count). The molecule has 0 amide bonds. The molecular formula is C24H28F2N6O. The second-order valence-electron chi connectivity index (χ2n) is 9.41. The van der Waals surface area contributed by atoms with Gasteiger partial charge in [0.25, 0.3) is 0 Å². The Morgan fingerprint density at radius 3 is 2.82 bits per heavy atom. The predicted octanol–water partition coefficient (Wildman–Crippen LogP) is 4.42. The lowest BCUT2D eigenvalue weighted by atomic mass is 9.73. The van der Waals surface area contributed by atoms with Crippen molar-refractivity contribution in [3.8, 4) is 6.07 Å². The van der Waals surface area contributed by atoms with Crippen molar-refractivity contribution in [3.05, 3.63) is 46.8 Å². The molecule has 2 atom stereocenters. The zero-order valence-electron chi connectivity index (χ0n) is 19.0. The van der Waals surface area contributed by atoms with Gasteiger partial charge in [0.15, 0.2) is 0 Å². The Morgan fingerprint density at radius 1 is 1.30 bits per heavy atom. The topological polar surface area (TPSA) is 110 Å². The molecule has 0 bridgehead atoms. The fourth-order valence-electron chi connectivity index (χ4n) is 4.62. The Kier molecular flexibility index (Phi) is 6.21. The van der Waals surface area contributed by atoms with Gasteiger partial charge in [-0.1, -0.05) is 13.8 Å². The lowest BCUT2D eigenvalue weighted by Crippen LogP contribution is -2.41. The number of aromatic nitrogens is 3. The molecule has 33 heavy (non-hydrogen) atoms. The van der Waals surface area contributed by atoms with E-state index < -0.39 is 11.6 Å². The number of aliphatic hydroxyl groups is 1. The van der Waals surface area contributed by atoms with Gasteiger partial charge in [0, 0.05) is 29.7 Å².